The topological polar surface area (TPSA) is 70.3 Å². The summed E-state index contributed by atoms with van der Waals surface area (Å²) in [6, 6.07) is 20.4. The second-order valence-corrected chi connectivity index (χ2v) is 5.21. The van der Waals surface area contributed by atoms with Crippen LogP contribution < -0.4 is 0 Å². The molecule has 0 aliphatic heterocycles. The predicted octanol–water partition coefficient (Wildman–Crippen LogP) is 2.84. The smallest absolute Gasteiger partial charge is 0.329 e. The zero-order valence-electron chi connectivity index (χ0n) is 12.3. The zero-order valence-corrected chi connectivity index (χ0v) is 12.3. The average Bonchev–Trinajstić information content (AvgIpc) is 2.60. The SMILES string of the molecule is C[C@](C#N)(CO)C(=O)OC(c1ccccc1)c1ccccc1. The molecule has 0 fully saturated rings. The minimum atomic E-state index is -1.57. The summed E-state index contributed by atoms with van der Waals surface area (Å²) >= 11 is 0. The predicted molar refractivity (Wildman–Crippen MR) is 81.6 cm³/mol. The molecule has 1 atom stereocenters. The van der Waals surface area contributed by atoms with Gasteiger partial charge in [-0.2, -0.15) is 5.26 Å². The van der Waals surface area contributed by atoms with Gasteiger partial charge < -0.3 is 9.84 Å². The molecule has 0 bridgehead atoms. The third-order valence-corrected chi connectivity index (χ3v) is 3.44. The van der Waals surface area contributed by atoms with Crippen LogP contribution in [0.2, 0.25) is 0 Å². The minimum absolute atomic E-state index is 0.585. The first-order valence-corrected chi connectivity index (χ1v) is 6.94. The van der Waals surface area contributed by atoms with Gasteiger partial charge in [0.2, 0.25) is 0 Å². The van der Waals surface area contributed by atoms with Gasteiger partial charge in [0.15, 0.2) is 11.5 Å². The fourth-order valence-electron chi connectivity index (χ4n) is 1.97. The molecular formula is C18H17NO3. The Morgan fingerprint density at radius 2 is 1.59 bits per heavy atom. The van der Waals surface area contributed by atoms with E-state index in [1.165, 1.54) is 6.92 Å². The molecule has 112 valence electrons. The average molecular weight is 295 g/mol. The van der Waals surface area contributed by atoms with Gasteiger partial charge in [0.25, 0.3) is 0 Å². The van der Waals surface area contributed by atoms with Gasteiger partial charge in [0.1, 0.15) is 0 Å². The number of aliphatic hydroxyl groups is 1. The van der Waals surface area contributed by atoms with Crippen LogP contribution in [0.3, 0.4) is 0 Å². The van der Waals surface area contributed by atoms with Crippen molar-refractivity contribution in [2.45, 2.75) is 13.0 Å². The molecule has 0 heterocycles. The maximum absolute atomic E-state index is 12.3. The maximum atomic E-state index is 12.3. The van der Waals surface area contributed by atoms with Crippen molar-refractivity contribution in [3.63, 3.8) is 0 Å². The molecule has 4 nitrogen and oxygen atoms in total. The van der Waals surface area contributed by atoms with Gasteiger partial charge in [-0.3, -0.25) is 4.79 Å². The summed E-state index contributed by atoms with van der Waals surface area (Å²) in [4.78, 5) is 12.3. The molecule has 0 amide bonds. The summed E-state index contributed by atoms with van der Waals surface area (Å²) in [5.74, 6) is -0.741. The molecule has 2 rings (SSSR count). The monoisotopic (exact) mass is 295 g/mol. The van der Waals surface area contributed by atoms with Gasteiger partial charge in [0, 0.05) is 0 Å². The van der Waals surface area contributed by atoms with Crippen LogP contribution in [0.5, 0.6) is 0 Å². The first-order chi connectivity index (χ1) is 10.6. The Kier molecular flexibility index (Phi) is 4.92. The third kappa shape index (κ3) is 3.33. The lowest BCUT2D eigenvalue weighted by molar-refractivity contribution is -0.157. The molecule has 0 aliphatic rings. The molecule has 4 heteroatoms. The van der Waals surface area contributed by atoms with Crippen molar-refractivity contribution >= 4 is 5.97 Å². The van der Waals surface area contributed by atoms with Crippen LogP contribution in [-0.4, -0.2) is 17.7 Å². The van der Waals surface area contributed by atoms with Crippen molar-refractivity contribution < 1.29 is 14.6 Å². The number of esters is 1. The molecule has 1 N–H and O–H groups in total. The molecular weight excluding hydrogens is 278 g/mol. The van der Waals surface area contributed by atoms with Crippen molar-refractivity contribution in [1.29, 1.82) is 5.26 Å². The first kappa shape index (κ1) is 15.7. The van der Waals surface area contributed by atoms with Crippen LogP contribution in [0.1, 0.15) is 24.2 Å². The maximum Gasteiger partial charge on any atom is 0.329 e. The Morgan fingerprint density at radius 1 is 1.14 bits per heavy atom. The lowest BCUT2D eigenvalue weighted by Crippen LogP contribution is -2.33. The van der Waals surface area contributed by atoms with Crippen LogP contribution in [0.25, 0.3) is 0 Å². The van der Waals surface area contributed by atoms with Crippen molar-refractivity contribution in [2.24, 2.45) is 5.41 Å². The number of nitriles is 1. The highest BCUT2D eigenvalue weighted by molar-refractivity contribution is 5.80. The Bertz CT molecular complexity index is 624. The largest absolute Gasteiger partial charge is 0.451 e. The van der Waals surface area contributed by atoms with Gasteiger partial charge in [0.05, 0.1) is 12.7 Å². The zero-order chi connectivity index (χ0) is 16.0. The minimum Gasteiger partial charge on any atom is -0.451 e. The van der Waals surface area contributed by atoms with Crippen LogP contribution in [0.15, 0.2) is 60.7 Å². The summed E-state index contributed by atoms with van der Waals surface area (Å²) in [7, 11) is 0. The van der Waals surface area contributed by atoms with Gasteiger partial charge in [-0.15, -0.1) is 0 Å². The second-order valence-electron chi connectivity index (χ2n) is 5.21. The standard InChI is InChI=1S/C18H17NO3/c1-18(12-19,13-20)17(21)22-16(14-8-4-2-5-9-14)15-10-6-3-7-11-15/h2-11,16,20H,13H2,1H3/t18-/m0/s1. The first-order valence-electron chi connectivity index (χ1n) is 6.94. The van der Waals surface area contributed by atoms with Crippen LogP contribution >= 0.6 is 0 Å². The quantitative estimate of drug-likeness (QED) is 0.861. The summed E-state index contributed by atoms with van der Waals surface area (Å²) in [6.45, 7) is 0.779. The summed E-state index contributed by atoms with van der Waals surface area (Å²) in [5, 5.41) is 18.4. The van der Waals surface area contributed by atoms with Crippen LogP contribution in [-0.2, 0) is 9.53 Å². The Morgan fingerprint density at radius 3 is 1.95 bits per heavy atom. The van der Waals surface area contributed by atoms with E-state index in [9.17, 15) is 9.90 Å². The van der Waals surface area contributed by atoms with E-state index in [2.05, 4.69) is 0 Å². The van der Waals surface area contributed by atoms with E-state index in [4.69, 9.17) is 10.00 Å². The van der Waals surface area contributed by atoms with Crippen molar-refractivity contribution in [3.05, 3.63) is 71.8 Å². The van der Waals surface area contributed by atoms with Crippen molar-refractivity contribution in [1.82, 2.24) is 0 Å². The number of hydrogen-bond donors (Lipinski definition) is 1. The number of benzene rings is 2. The summed E-state index contributed by atoms with van der Waals surface area (Å²) in [5.41, 5.74) is 0.0440. The Balaban J connectivity index is 2.35. The fraction of sp³-hybridized carbons (Fsp3) is 0.222. The molecule has 2 aromatic carbocycles. The molecule has 0 radical (unpaired) electrons. The van der Waals surface area contributed by atoms with Gasteiger partial charge >= 0.3 is 5.97 Å². The number of nitrogens with zero attached hydrogens (tertiary/aromatic N) is 1. The van der Waals surface area contributed by atoms with E-state index in [-0.39, 0.29) is 0 Å². The number of hydrogen-bond acceptors (Lipinski definition) is 4. The third-order valence-electron chi connectivity index (χ3n) is 3.44. The van der Waals surface area contributed by atoms with E-state index in [0.29, 0.717) is 0 Å². The van der Waals surface area contributed by atoms with Crippen LogP contribution in [0.4, 0.5) is 0 Å². The number of rotatable bonds is 5. The normalized spacial score (nSPS) is 13.2. The van der Waals surface area contributed by atoms with E-state index in [0.717, 1.165) is 11.1 Å². The molecule has 0 aromatic heterocycles. The molecule has 0 saturated carbocycles. The van der Waals surface area contributed by atoms with E-state index in [1.807, 2.05) is 66.7 Å². The lowest BCUT2D eigenvalue weighted by Gasteiger charge is -2.23. The van der Waals surface area contributed by atoms with Gasteiger partial charge in [-0.05, 0) is 18.1 Å². The summed E-state index contributed by atoms with van der Waals surface area (Å²) < 4.78 is 5.55. The highest BCUT2D eigenvalue weighted by Crippen LogP contribution is 2.29. The second kappa shape index (κ2) is 6.88. The molecule has 0 saturated heterocycles. The number of carbonyl (C=O) groups is 1. The van der Waals surface area contributed by atoms with Crippen molar-refractivity contribution in [3.8, 4) is 6.07 Å². The van der Waals surface area contributed by atoms with Crippen molar-refractivity contribution in [2.75, 3.05) is 6.61 Å². The number of ether oxygens (including phenoxy) is 1. The Hall–Kier alpha value is -2.64. The highest BCUT2D eigenvalue weighted by atomic mass is 16.5. The fourth-order valence-corrected chi connectivity index (χ4v) is 1.97. The van der Waals surface area contributed by atoms with Crippen LogP contribution in [0, 0.1) is 16.7 Å². The lowest BCUT2D eigenvalue weighted by atomic mass is 9.93. The molecule has 0 unspecified atom stereocenters. The van der Waals surface area contributed by atoms with E-state index >= 15 is 0 Å². The molecule has 0 aliphatic carbocycles. The van der Waals surface area contributed by atoms with Gasteiger partial charge in [-0.25, -0.2) is 0 Å². The molecule has 22 heavy (non-hydrogen) atoms. The molecule has 0 spiro atoms. The number of carbonyl (C=O) groups excluding carboxylic acids is 1. The molecule has 2 aromatic rings. The summed E-state index contributed by atoms with van der Waals surface area (Å²) in [6.07, 6.45) is -0.617. The van der Waals surface area contributed by atoms with Gasteiger partial charge in [-0.1, -0.05) is 60.7 Å². The highest BCUT2D eigenvalue weighted by Gasteiger charge is 2.36. The van der Waals surface area contributed by atoms with E-state index in [1.54, 1.807) is 0 Å². The Labute approximate surface area is 129 Å². The van der Waals surface area contributed by atoms with E-state index < -0.39 is 24.1 Å². The number of aliphatic hydroxyl groups excluding tert-OH is 1.